The summed E-state index contributed by atoms with van der Waals surface area (Å²) in [5, 5.41) is 7.38. The molecule has 0 bridgehead atoms. The van der Waals surface area contributed by atoms with E-state index in [1.807, 2.05) is 38.4 Å². The average molecular weight is 269 g/mol. The maximum atomic E-state index is 5.38. The molecule has 0 radical (unpaired) electrons. The van der Waals surface area contributed by atoms with Gasteiger partial charge in [-0.05, 0) is 19.1 Å². The van der Waals surface area contributed by atoms with Crippen LogP contribution in [0.4, 0.5) is 5.82 Å². The summed E-state index contributed by atoms with van der Waals surface area (Å²) in [7, 11) is 1.88. The van der Waals surface area contributed by atoms with Crippen LogP contribution in [0.25, 0.3) is 22.8 Å². The van der Waals surface area contributed by atoms with E-state index in [1.54, 1.807) is 17.1 Å². The van der Waals surface area contributed by atoms with Gasteiger partial charge in [0.25, 0.3) is 0 Å². The molecule has 3 rings (SSSR count). The van der Waals surface area contributed by atoms with E-state index in [0.29, 0.717) is 11.6 Å². The van der Waals surface area contributed by atoms with Crippen molar-refractivity contribution >= 4 is 5.82 Å². The van der Waals surface area contributed by atoms with Gasteiger partial charge in [0, 0.05) is 31.4 Å². The van der Waals surface area contributed by atoms with E-state index in [2.05, 4.69) is 20.4 Å². The van der Waals surface area contributed by atoms with Crippen molar-refractivity contribution in [1.29, 1.82) is 0 Å². The van der Waals surface area contributed by atoms with Gasteiger partial charge >= 0.3 is 0 Å². The number of hydrogen-bond acceptors (Lipinski definition) is 5. The molecule has 0 amide bonds. The smallest absolute Gasteiger partial charge is 0.198 e. The minimum Gasteiger partial charge on any atom is -0.461 e. The second kappa shape index (κ2) is 5.16. The first-order valence-electron chi connectivity index (χ1n) is 6.42. The van der Waals surface area contributed by atoms with Crippen LogP contribution in [-0.2, 0) is 7.05 Å². The van der Waals surface area contributed by atoms with Gasteiger partial charge in [0.1, 0.15) is 5.82 Å². The molecule has 3 aromatic rings. The molecule has 20 heavy (non-hydrogen) atoms. The zero-order valence-electron chi connectivity index (χ0n) is 11.4. The Morgan fingerprint density at radius 2 is 2.25 bits per heavy atom. The van der Waals surface area contributed by atoms with Gasteiger partial charge in [0.15, 0.2) is 11.6 Å². The van der Waals surface area contributed by atoms with Crippen molar-refractivity contribution in [2.24, 2.45) is 7.05 Å². The third kappa shape index (κ3) is 2.40. The van der Waals surface area contributed by atoms with E-state index < -0.39 is 0 Å². The molecule has 0 saturated carbocycles. The summed E-state index contributed by atoms with van der Waals surface area (Å²) in [6.45, 7) is 2.82. The van der Waals surface area contributed by atoms with Gasteiger partial charge in [-0.3, -0.25) is 4.68 Å². The second-order valence-electron chi connectivity index (χ2n) is 4.37. The Kier molecular flexibility index (Phi) is 3.20. The molecule has 0 atom stereocenters. The maximum Gasteiger partial charge on any atom is 0.198 e. The van der Waals surface area contributed by atoms with Crippen molar-refractivity contribution in [2.45, 2.75) is 6.92 Å². The summed E-state index contributed by atoms with van der Waals surface area (Å²) in [4.78, 5) is 9.00. The third-order valence-electron chi connectivity index (χ3n) is 2.83. The third-order valence-corrected chi connectivity index (χ3v) is 2.83. The lowest BCUT2D eigenvalue weighted by atomic mass is 10.2. The highest BCUT2D eigenvalue weighted by Gasteiger charge is 2.11. The summed E-state index contributed by atoms with van der Waals surface area (Å²) in [5.74, 6) is 1.98. The fourth-order valence-corrected chi connectivity index (χ4v) is 1.94. The van der Waals surface area contributed by atoms with Gasteiger partial charge in [0.05, 0.1) is 18.2 Å². The van der Waals surface area contributed by atoms with Crippen LogP contribution in [0.15, 0.2) is 41.3 Å². The van der Waals surface area contributed by atoms with E-state index in [4.69, 9.17) is 4.42 Å². The first-order valence-corrected chi connectivity index (χ1v) is 6.42. The lowest BCUT2D eigenvalue weighted by Crippen LogP contribution is -2.02. The minimum atomic E-state index is 0.562. The van der Waals surface area contributed by atoms with Crippen LogP contribution in [0.2, 0.25) is 0 Å². The monoisotopic (exact) mass is 269 g/mol. The quantitative estimate of drug-likeness (QED) is 0.788. The molecule has 6 nitrogen and oxygen atoms in total. The van der Waals surface area contributed by atoms with Gasteiger partial charge in [-0.1, -0.05) is 0 Å². The minimum absolute atomic E-state index is 0.562. The van der Waals surface area contributed by atoms with Crippen LogP contribution >= 0.6 is 0 Å². The van der Waals surface area contributed by atoms with Crippen molar-refractivity contribution in [1.82, 2.24) is 19.7 Å². The molecule has 3 aromatic heterocycles. The summed E-state index contributed by atoms with van der Waals surface area (Å²) in [5.41, 5.74) is 1.76. The fourth-order valence-electron chi connectivity index (χ4n) is 1.94. The molecule has 0 spiro atoms. The second-order valence-corrected chi connectivity index (χ2v) is 4.37. The van der Waals surface area contributed by atoms with Crippen molar-refractivity contribution in [3.05, 3.63) is 36.9 Å². The molecule has 3 heterocycles. The Bertz CT molecular complexity index is 702. The van der Waals surface area contributed by atoms with Crippen molar-refractivity contribution in [2.75, 3.05) is 11.9 Å². The number of nitrogens with one attached hydrogen (secondary N) is 1. The SMILES string of the molecule is CCNc1cc(-c2cnn(C)c2)nc(-c2ccco2)n1. The number of furan rings is 1. The number of rotatable bonds is 4. The largest absolute Gasteiger partial charge is 0.461 e. The first kappa shape index (κ1) is 12.4. The van der Waals surface area contributed by atoms with Crippen molar-refractivity contribution < 1.29 is 4.42 Å². The molecule has 102 valence electrons. The standard InChI is InChI=1S/C14H15N5O/c1-3-15-13-7-11(10-8-16-19(2)9-10)17-14(18-13)12-5-4-6-20-12/h4-9H,3H2,1-2H3,(H,15,17,18). The Balaban J connectivity index is 2.09. The molecule has 0 aliphatic heterocycles. The van der Waals surface area contributed by atoms with E-state index in [-0.39, 0.29) is 0 Å². The molecule has 0 saturated heterocycles. The molecule has 0 fully saturated rings. The zero-order valence-corrected chi connectivity index (χ0v) is 11.4. The van der Waals surface area contributed by atoms with Crippen LogP contribution in [0, 0.1) is 0 Å². The van der Waals surface area contributed by atoms with Crippen molar-refractivity contribution in [3.63, 3.8) is 0 Å². The van der Waals surface area contributed by atoms with E-state index in [0.717, 1.165) is 23.6 Å². The predicted molar refractivity (Wildman–Crippen MR) is 76.1 cm³/mol. The molecule has 0 aromatic carbocycles. The Labute approximate surface area is 116 Å². The Hall–Kier alpha value is -2.63. The fraction of sp³-hybridized carbons (Fsp3) is 0.214. The molecule has 0 aliphatic carbocycles. The maximum absolute atomic E-state index is 5.38. The van der Waals surface area contributed by atoms with Gasteiger partial charge in [-0.15, -0.1) is 0 Å². The van der Waals surface area contributed by atoms with E-state index >= 15 is 0 Å². The van der Waals surface area contributed by atoms with Gasteiger partial charge in [0.2, 0.25) is 0 Å². The van der Waals surface area contributed by atoms with Crippen LogP contribution < -0.4 is 5.32 Å². The van der Waals surface area contributed by atoms with E-state index in [1.165, 1.54) is 0 Å². The number of nitrogens with zero attached hydrogens (tertiary/aromatic N) is 4. The normalized spacial score (nSPS) is 10.7. The van der Waals surface area contributed by atoms with Gasteiger partial charge < -0.3 is 9.73 Å². The Morgan fingerprint density at radius 1 is 1.35 bits per heavy atom. The van der Waals surface area contributed by atoms with Gasteiger partial charge in [-0.2, -0.15) is 5.10 Å². The first-order chi connectivity index (χ1) is 9.76. The molecule has 6 heteroatoms. The van der Waals surface area contributed by atoms with Crippen LogP contribution in [0.5, 0.6) is 0 Å². The summed E-state index contributed by atoms with van der Waals surface area (Å²) < 4.78 is 7.12. The lowest BCUT2D eigenvalue weighted by Gasteiger charge is -2.06. The van der Waals surface area contributed by atoms with E-state index in [9.17, 15) is 0 Å². The number of hydrogen-bond donors (Lipinski definition) is 1. The van der Waals surface area contributed by atoms with Crippen LogP contribution in [0.3, 0.4) is 0 Å². The highest BCUT2D eigenvalue weighted by atomic mass is 16.3. The predicted octanol–water partition coefficient (Wildman–Crippen LogP) is 2.57. The highest BCUT2D eigenvalue weighted by molar-refractivity contribution is 5.64. The molecular formula is C14H15N5O. The van der Waals surface area contributed by atoms with Crippen LogP contribution in [-0.4, -0.2) is 26.3 Å². The molecule has 0 aliphatic rings. The van der Waals surface area contributed by atoms with Gasteiger partial charge in [-0.25, -0.2) is 9.97 Å². The molecule has 0 unspecified atom stereocenters. The summed E-state index contributed by atoms with van der Waals surface area (Å²) >= 11 is 0. The zero-order chi connectivity index (χ0) is 13.9. The number of aromatic nitrogens is 4. The highest BCUT2D eigenvalue weighted by Crippen LogP contribution is 2.24. The molecular weight excluding hydrogens is 254 g/mol. The van der Waals surface area contributed by atoms with Crippen molar-refractivity contribution in [3.8, 4) is 22.8 Å². The summed E-state index contributed by atoms with van der Waals surface area (Å²) in [6.07, 6.45) is 5.32. The topological polar surface area (TPSA) is 68.8 Å². The number of anilines is 1. The number of aryl methyl sites for hydroxylation is 1. The Morgan fingerprint density at radius 3 is 2.90 bits per heavy atom. The average Bonchev–Trinajstić information content (AvgIpc) is 3.09. The lowest BCUT2D eigenvalue weighted by molar-refractivity contribution is 0.577. The van der Waals surface area contributed by atoms with Crippen LogP contribution in [0.1, 0.15) is 6.92 Å². The summed E-state index contributed by atoms with van der Waals surface area (Å²) in [6, 6.07) is 5.58. The molecule has 1 N–H and O–H groups in total.